The van der Waals surface area contributed by atoms with Gasteiger partial charge in [-0.3, -0.25) is 4.98 Å². The molecule has 0 radical (unpaired) electrons. The SMILES string of the molecule is OCc1ccc2cc(-c3cccnc3)ccc2c1. The summed E-state index contributed by atoms with van der Waals surface area (Å²) in [6.45, 7) is 0.0836. The van der Waals surface area contributed by atoms with E-state index in [0.717, 1.165) is 22.1 Å². The van der Waals surface area contributed by atoms with Crippen LogP contribution >= 0.6 is 0 Å². The number of benzene rings is 2. The van der Waals surface area contributed by atoms with Crippen LogP contribution in [0.15, 0.2) is 60.9 Å². The first-order chi connectivity index (χ1) is 8.86. The molecule has 2 nitrogen and oxygen atoms in total. The minimum absolute atomic E-state index is 0.0836. The molecular weight excluding hydrogens is 222 g/mol. The van der Waals surface area contributed by atoms with Crippen LogP contribution in [0.4, 0.5) is 0 Å². The maximum Gasteiger partial charge on any atom is 0.0682 e. The first-order valence-electron chi connectivity index (χ1n) is 5.91. The second-order valence-electron chi connectivity index (χ2n) is 4.30. The lowest BCUT2D eigenvalue weighted by Gasteiger charge is -2.05. The van der Waals surface area contributed by atoms with Gasteiger partial charge in [0.2, 0.25) is 0 Å². The van der Waals surface area contributed by atoms with Crippen LogP contribution in [0.5, 0.6) is 0 Å². The lowest BCUT2D eigenvalue weighted by atomic mass is 10.0. The molecular formula is C16H13NO. The summed E-state index contributed by atoms with van der Waals surface area (Å²) in [6.07, 6.45) is 3.64. The Hall–Kier alpha value is -2.19. The molecule has 0 saturated heterocycles. The largest absolute Gasteiger partial charge is 0.392 e. The minimum Gasteiger partial charge on any atom is -0.392 e. The maximum absolute atomic E-state index is 9.12. The molecule has 0 unspecified atom stereocenters. The Labute approximate surface area is 106 Å². The van der Waals surface area contributed by atoms with Crippen LogP contribution < -0.4 is 0 Å². The zero-order valence-electron chi connectivity index (χ0n) is 9.88. The molecule has 1 N–H and O–H groups in total. The van der Waals surface area contributed by atoms with Crippen LogP contribution in [0.1, 0.15) is 5.56 Å². The molecule has 3 aromatic rings. The zero-order chi connectivity index (χ0) is 12.4. The summed E-state index contributed by atoms with van der Waals surface area (Å²) in [7, 11) is 0. The molecule has 2 aromatic carbocycles. The number of aliphatic hydroxyl groups is 1. The van der Waals surface area contributed by atoms with Gasteiger partial charge in [-0.1, -0.05) is 30.3 Å². The number of pyridine rings is 1. The molecule has 0 atom stereocenters. The van der Waals surface area contributed by atoms with E-state index in [1.807, 2.05) is 30.5 Å². The smallest absolute Gasteiger partial charge is 0.0682 e. The third-order valence-electron chi connectivity index (χ3n) is 3.08. The van der Waals surface area contributed by atoms with Gasteiger partial charge in [0.1, 0.15) is 0 Å². The van der Waals surface area contributed by atoms with E-state index in [1.54, 1.807) is 6.20 Å². The van der Waals surface area contributed by atoms with Gasteiger partial charge < -0.3 is 5.11 Å². The Bertz CT molecular complexity index is 677. The molecule has 0 aliphatic heterocycles. The first-order valence-corrected chi connectivity index (χ1v) is 5.91. The van der Waals surface area contributed by atoms with Crippen molar-refractivity contribution in [3.63, 3.8) is 0 Å². The normalized spacial score (nSPS) is 10.7. The van der Waals surface area contributed by atoms with Crippen LogP contribution in [-0.4, -0.2) is 10.1 Å². The van der Waals surface area contributed by atoms with Crippen molar-refractivity contribution in [3.8, 4) is 11.1 Å². The van der Waals surface area contributed by atoms with E-state index in [2.05, 4.69) is 29.2 Å². The molecule has 2 heteroatoms. The van der Waals surface area contributed by atoms with Crippen LogP contribution in [0.2, 0.25) is 0 Å². The molecule has 0 aliphatic rings. The monoisotopic (exact) mass is 235 g/mol. The molecule has 0 saturated carbocycles. The van der Waals surface area contributed by atoms with Crippen molar-refractivity contribution >= 4 is 10.8 Å². The summed E-state index contributed by atoms with van der Waals surface area (Å²) >= 11 is 0. The fourth-order valence-corrected chi connectivity index (χ4v) is 2.11. The Balaban J connectivity index is 2.12. The number of fused-ring (bicyclic) bond motifs is 1. The standard InChI is InChI=1S/C16H13NO/c18-11-12-3-4-14-9-15(6-5-13(14)8-12)16-2-1-7-17-10-16/h1-10,18H,11H2. The quantitative estimate of drug-likeness (QED) is 0.738. The summed E-state index contributed by atoms with van der Waals surface area (Å²) < 4.78 is 0. The van der Waals surface area contributed by atoms with Gasteiger partial charge in [0.25, 0.3) is 0 Å². The Morgan fingerprint density at radius 1 is 0.889 bits per heavy atom. The molecule has 1 aromatic heterocycles. The van der Waals surface area contributed by atoms with E-state index in [9.17, 15) is 0 Å². The molecule has 0 amide bonds. The highest BCUT2D eigenvalue weighted by atomic mass is 16.3. The van der Waals surface area contributed by atoms with Crippen LogP contribution in [0, 0.1) is 0 Å². The molecule has 0 spiro atoms. The van der Waals surface area contributed by atoms with Crippen LogP contribution in [-0.2, 0) is 6.61 Å². The molecule has 0 fully saturated rings. The molecule has 1 heterocycles. The van der Waals surface area contributed by atoms with Gasteiger partial charge in [0.05, 0.1) is 6.61 Å². The van der Waals surface area contributed by atoms with Crippen molar-refractivity contribution in [2.75, 3.05) is 0 Å². The third-order valence-corrected chi connectivity index (χ3v) is 3.08. The van der Waals surface area contributed by atoms with Gasteiger partial charge in [-0.25, -0.2) is 0 Å². The van der Waals surface area contributed by atoms with E-state index in [4.69, 9.17) is 5.11 Å². The van der Waals surface area contributed by atoms with E-state index in [-0.39, 0.29) is 6.61 Å². The number of hydrogen-bond acceptors (Lipinski definition) is 2. The maximum atomic E-state index is 9.12. The fourth-order valence-electron chi connectivity index (χ4n) is 2.11. The van der Waals surface area contributed by atoms with Crippen LogP contribution in [0.25, 0.3) is 21.9 Å². The highest BCUT2D eigenvalue weighted by molar-refractivity contribution is 5.87. The van der Waals surface area contributed by atoms with Gasteiger partial charge in [-0.2, -0.15) is 0 Å². The number of rotatable bonds is 2. The molecule has 18 heavy (non-hydrogen) atoms. The van der Waals surface area contributed by atoms with Crippen molar-refractivity contribution in [3.05, 3.63) is 66.5 Å². The van der Waals surface area contributed by atoms with Crippen molar-refractivity contribution in [2.45, 2.75) is 6.61 Å². The van der Waals surface area contributed by atoms with Gasteiger partial charge in [0.15, 0.2) is 0 Å². The van der Waals surface area contributed by atoms with Crippen molar-refractivity contribution in [1.29, 1.82) is 0 Å². The molecule has 0 aliphatic carbocycles. The summed E-state index contributed by atoms with van der Waals surface area (Å²) in [6, 6.07) is 16.3. The Kier molecular flexibility index (Phi) is 2.79. The van der Waals surface area contributed by atoms with Crippen LogP contribution in [0.3, 0.4) is 0 Å². The van der Waals surface area contributed by atoms with Crippen molar-refractivity contribution in [1.82, 2.24) is 4.98 Å². The lowest BCUT2D eigenvalue weighted by Crippen LogP contribution is -1.84. The highest BCUT2D eigenvalue weighted by Gasteiger charge is 2.00. The summed E-state index contributed by atoms with van der Waals surface area (Å²) in [5.74, 6) is 0. The van der Waals surface area contributed by atoms with E-state index >= 15 is 0 Å². The zero-order valence-corrected chi connectivity index (χ0v) is 9.88. The first kappa shape index (κ1) is 10.9. The Morgan fingerprint density at radius 3 is 2.50 bits per heavy atom. The highest BCUT2D eigenvalue weighted by Crippen LogP contribution is 2.24. The van der Waals surface area contributed by atoms with Crippen molar-refractivity contribution in [2.24, 2.45) is 0 Å². The molecule has 3 rings (SSSR count). The molecule has 88 valence electrons. The summed E-state index contributed by atoms with van der Waals surface area (Å²) in [5.41, 5.74) is 3.22. The molecule has 0 bridgehead atoms. The van der Waals surface area contributed by atoms with E-state index in [1.165, 1.54) is 5.39 Å². The topological polar surface area (TPSA) is 33.1 Å². The van der Waals surface area contributed by atoms with Gasteiger partial charge >= 0.3 is 0 Å². The fraction of sp³-hybridized carbons (Fsp3) is 0.0625. The van der Waals surface area contributed by atoms with Gasteiger partial charge in [-0.05, 0) is 40.1 Å². The number of aliphatic hydroxyl groups excluding tert-OH is 1. The van der Waals surface area contributed by atoms with Crippen molar-refractivity contribution < 1.29 is 5.11 Å². The summed E-state index contributed by atoms with van der Waals surface area (Å²) in [4.78, 5) is 4.14. The third kappa shape index (κ3) is 1.98. The number of nitrogens with zero attached hydrogens (tertiary/aromatic N) is 1. The summed E-state index contributed by atoms with van der Waals surface area (Å²) in [5, 5.41) is 11.4. The van der Waals surface area contributed by atoms with E-state index in [0.29, 0.717) is 0 Å². The minimum atomic E-state index is 0.0836. The number of aromatic nitrogens is 1. The average molecular weight is 235 g/mol. The van der Waals surface area contributed by atoms with Gasteiger partial charge in [-0.15, -0.1) is 0 Å². The second-order valence-corrected chi connectivity index (χ2v) is 4.30. The predicted octanol–water partition coefficient (Wildman–Crippen LogP) is 3.39. The van der Waals surface area contributed by atoms with E-state index < -0.39 is 0 Å². The predicted molar refractivity (Wildman–Crippen MR) is 73.1 cm³/mol. The van der Waals surface area contributed by atoms with Gasteiger partial charge in [0, 0.05) is 18.0 Å². The second kappa shape index (κ2) is 4.59. The number of hydrogen-bond donors (Lipinski definition) is 1. The lowest BCUT2D eigenvalue weighted by molar-refractivity contribution is 0.282. The Morgan fingerprint density at radius 2 is 1.72 bits per heavy atom. The average Bonchev–Trinajstić information content (AvgIpc) is 2.47.